The van der Waals surface area contributed by atoms with Gasteiger partial charge < -0.3 is 19.7 Å². The van der Waals surface area contributed by atoms with E-state index in [9.17, 15) is 14.0 Å². The summed E-state index contributed by atoms with van der Waals surface area (Å²) < 4.78 is 24.1. The Hall–Kier alpha value is -3.09. The molecule has 6 nitrogen and oxygen atoms in total. The molecule has 142 valence electrons. The number of carbonyl (C=O) groups is 2. The van der Waals surface area contributed by atoms with Crippen LogP contribution in [0.2, 0.25) is 0 Å². The Balaban J connectivity index is 1.60. The smallest absolute Gasteiger partial charge is 0.265 e. The fraction of sp³-hybridized carbons (Fsp3) is 0.300. The third-order valence-corrected chi connectivity index (χ3v) is 4.42. The number of benzene rings is 2. The van der Waals surface area contributed by atoms with Crippen molar-refractivity contribution in [2.45, 2.75) is 19.4 Å². The van der Waals surface area contributed by atoms with Gasteiger partial charge in [-0.25, -0.2) is 4.39 Å². The fourth-order valence-electron chi connectivity index (χ4n) is 2.96. The molecule has 1 N–H and O–H groups in total. The van der Waals surface area contributed by atoms with Crippen molar-refractivity contribution >= 4 is 17.5 Å². The van der Waals surface area contributed by atoms with Crippen LogP contribution in [0.15, 0.2) is 42.5 Å². The molecule has 2 aromatic rings. The summed E-state index contributed by atoms with van der Waals surface area (Å²) in [4.78, 5) is 26.0. The van der Waals surface area contributed by atoms with Crippen LogP contribution in [0.25, 0.3) is 0 Å². The summed E-state index contributed by atoms with van der Waals surface area (Å²) in [5.41, 5.74) is 1.29. The summed E-state index contributed by atoms with van der Waals surface area (Å²) in [5.74, 6) is -0.116. The molecule has 7 heteroatoms. The van der Waals surface area contributed by atoms with Crippen molar-refractivity contribution in [2.24, 2.45) is 0 Å². The molecule has 0 aromatic heterocycles. The first-order valence-corrected chi connectivity index (χ1v) is 8.64. The van der Waals surface area contributed by atoms with Crippen LogP contribution in [0, 0.1) is 5.82 Å². The molecule has 3 rings (SSSR count). The number of fused-ring (bicyclic) bond motifs is 1. The van der Waals surface area contributed by atoms with Gasteiger partial charge in [0, 0.05) is 13.0 Å². The van der Waals surface area contributed by atoms with E-state index in [0.29, 0.717) is 17.0 Å². The van der Waals surface area contributed by atoms with Gasteiger partial charge in [-0.15, -0.1) is 0 Å². The average molecular weight is 372 g/mol. The topological polar surface area (TPSA) is 67.9 Å². The van der Waals surface area contributed by atoms with Gasteiger partial charge in [0.15, 0.2) is 18.2 Å². The molecule has 0 aliphatic carbocycles. The van der Waals surface area contributed by atoms with Crippen molar-refractivity contribution in [1.29, 1.82) is 0 Å². The van der Waals surface area contributed by atoms with Crippen molar-refractivity contribution in [3.63, 3.8) is 0 Å². The first-order valence-electron chi connectivity index (χ1n) is 8.64. The maximum atomic E-state index is 13.8. The number of hydrogen-bond donors (Lipinski definition) is 1. The van der Waals surface area contributed by atoms with Crippen molar-refractivity contribution < 1.29 is 23.5 Å². The number of para-hydroxylation sites is 2. The minimum atomic E-state index is -0.480. The van der Waals surface area contributed by atoms with Gasteiger partial charge in [-0.1, -0.05) is 18.2 Å². The Kier molecular flexibility index (Phi) is 5.59. The Labute approximate surface area is 156 Å². The zero-order valence-corrected chi connectivity index (χ0v) is 15.2. The van der Waals surface area contributed by atoms with Gasteiger partial charge in [-0.05, 0) is 36.8 Å². The second-order valence-corrected chi connectivity index (χ2v) is 6.23. The molecule has 0 fully saturated rings. The van der Waals surface area contributed by atoms with Gasteiger partial charge in [0.25, 0.3) is 5.91 Å². The van der Waals surface area contributed by atoms with Crippen molar-refractivity contribution in [1.82, 2.24) is 5.32 Å². The highest BCUT2D eigenvalue weighted by molar-refractivity contribution is 5.98. The van der Waals surface area contributed by atoms with Crippen LogP contribution in [0.1, 0.15) is 24.9 Å². The van der Waals surface area contributed by atoms with Gasteiger partial charge in [-0.2, -0.15) is 0 Å². The largest absolute Gasteiger partial charge is 0.494 e. The lowest BCUT2D eigenvalue weighted by molar-refractivity contribution is -0.122. The monoisotopic (exact) mass is 372 g/mol. The van der Waals surface area contributed by atoms with Crippen molar-refractivity contribution in [3.8, 4) is 11.5 Å². The minimum Gasteiger partial charge on any atom is -0.494 e. The molecule has 2 aromatic carbocycles. The Bertz CT molecular complexity index is 856. The first kappa shape index (κ1) is 18.7. The molecular formula is C20H21FN2O4. The number of nitrogens with zero attached hydrogens (tertiary/aromatic N) is 1. The molecule has 1 aliphatic heterocycles. The number of hydrogen-bond acceptors (Lipinski definition) is 4. The van der Waals surface area contributed by atoms with E-state index < -0.39 is 5.82 Å². The van der Waals surface area contributed by atoms with E-state index in [-0.39, 0.29) is 43.2 Å². The van der Waals surface area contributed by atoms with Crippen LogP contribution in [-0.4, -0.2) is 32.1 Å². The minimum absolute atomic E-state index is 0.0415. The zero-order valence-electron chi connectivity index (χ0n) is 15.2. The summed E-state index contributed by atoms with van der Waals surface area (Å²) in [5, 5.41) is 2.82. The van der Waals surface area contributed by atoms with Gasteiger partial charge in [0.2, 0.25) is 5.91 Å². The highest BCUT2D eigenvalue weighted by atomic mass is 19.1. The number of rotatable bonds is 6. The molecule has 0 spiro atoms. The number of carbonyl (C=O) groups excluding carboxylic acids is 2. The standard InChI is InChI=1S/C20H21FN2O4/c1-13(14-7-8-17(26-2)15(21)11-14)22-19(24)9-10-23-16-5-3-4-6-18(16)27-12-20(23)25/h3-8,11,13H,9-10,12H2,1-2H3,(H,22,24)/t13-/m1/s1. The van der Waals surface area contributed by atoms with Crippen LogP contribution in [0.3, 0.4) is 0 Å². The highest BCUT2D eigenvalue weighted by Gasteiger charge is 2.25. The molecule has 1 aliphatic rings. The zero-order chi connectivity index (χ0) is 19.4. The van der Waals surface area contributed by atoms with Gasteiger partial charge in [0.1, 0.15) is 5.75 Å². The molecule has 1 atom stereocenters. The molecule has 0 unspecified atom stereocenters. The number of nitrogens with one attached hydrogen (secondary N) is 1. The molecular weight excluding hydrogens is 351 g/mol. The summed E-state index contributed by atoms with van der Waals surface area (Å²) in [6, 6.07) is 11.4. The maximum Gasteiger partial charge on any atom is 0.265 e. The van der Waals surface area contributed by atoms with Crippen LogP contribution >= 0.6 is 0 Å². The second kappa shape index (κ2) is 8.07. The molecule has 0 radical (unpaired) electrons. The SMILES string of the molecule is COc1ccc([C@@H](C)NC(=O)CCN2C(=O)COc3ccccc32)cc1F. The number of halogens is 1. The average Bonchev–Trinajstić information content (AvgIpc) is 2.67. The number of methoxy groups -OCH3 is 1. The molecule has 27 heavy (non-hydrogen) atoms. The molecule has 2 amide bonds. The van der Waals surface area contributed by atoms with E-state index in [1.807, 2.05) is 12.1 Å². The van der Waals surface area contributed by atoms with Gasteiger partial charge >= 0.3 is 0 Å². The molecule has 0 saturated heterocycles. The highest BCUT2D eigenvalue weighted by Crippen LogP contribution is 2.31. The van der Waals surface area contributed by atoms with E-state index in [2.05, 4.69) is 5.32 Å². The van der Waals surface area contributed by atoms with E-state index in [4.69, 9.17) is 9.47 Å². The Morgan fingerprint density at radius 3 is 2.85 bits per heavy atom. The summed E-state index contributed by atoms with van der Waals surface area (Å²) in [6.45, 7) is 1.98. The molecule has 0 saturated carbocycles. The van der Waals surface area contributed by atoms with Gasteiger partial charge in [0.05, 0.1) is 18.8 Å². The molecule has 1 heterocycles. The van der Waals surface area contributed by atoms with Crippen LogP contribution in [0.4, 0.5) is 10.1 Å². The normalized spacial score (nSPS) is 14.2. The lowest BCUT2D eigenvalue weighted by atomic mass is 10.1. The summed E-state index contributed by atoms with van der Waals surface area (Å²) in [7, 11) is 1.40. The summed E-state index contributed by atoms with van der Waals surface area (Å²) >= 11 is 0. The van der Waals surface area contributed by atoms with E-state index in [0.717, 1.165) is 0 Å². The Morgan fingerprint density at radius 2 is 2.11 bits per heavy atom. The predicted octanol–water partition coefficient (Wildman–Crippen LogP) is 2.83. The van der Waals surface area contributed by atoms with Crippen LogP contribution < -0.4 is 19.7 Å². The van der Waals surface area contributed by atoms with E-state index in [1.165, 1.54) is 19.2 Å². The quantitative estimate of drug-likeness (QED) is 0.847. The molecule has 0 bridgehead atoms. The van der Waals surface area contributed by atoms with Crippen molar-refractivity contribution in [2.75, 3.05) is 25.2 Å². The number of amides is 2. The van der Waals surface area contributed by atoms with Gasteiger partial charge in [-0.3, -0.25) is 9.59 Å². The van der Waals surface area contributed by atoms with Crippen LogP contribution in [0.5, 0.6) is 11.5 Å². The number of ether oxygens (including phenoxy) is 2. The predicted molar refractivity (Wildman–Crippen MR) is 98.4 cm³/mol. The second-order valence-electron chi connectivity index (χ2n) is 6.23. The Morgan fingerprint density at radius 1 is 1.33 bits per heavy atom. The lowest BCUT2D eigenvalue weighted by Crippen LogP contribution is -2.41. The van der Waals surface area contributed by atoms with E-state index >= 15 is 0 Å². The van der Waals surface area contributed by atoms with Crippen LogP contribution in [-0.2, 0) is 9.59 Å². The fourth-order valence-corrected chi connectivity index (χ4v) is 2.96. The van der Waals surface area contributed by atoms with E-state index in [1.54, 1.807) is 30.0 Å². The maximum absolute atomic E-state index is 13.8. The first-order chi connectivity index (χ1) is 13.0. The third-order valence-electron chi connectivity index (χ3n) is 4.42. The summed E-state index contributed by atoms with van der Waals surface area (Å²) in [6.07, 6.45) is 0.128. The van der Waals surface area contributed by atoms with Crippen molar-refractivity contribution in [3.05, 3.63) is 53.8 Å². The lowest BCUT2D eigenvalue weighted by Gasteiger charge is -2.29. The number of anilines is 1. The third kappa shape index (κ3) is 4.19.